The van der Waals surface area contributed by atoms with Crippen molar-refractivity contribution in [1.82, 2.24) is 19.8 Å². The first-order valence-corrected chi connectivity index (χ1v) is 10.7. The molecule has 1 saturated heterocycles. The minimum absolute atomic E-state index is 0.0630. The highest BCUT2D eigenvalue weighted by Crippen LogP contribution is 2.31. The zero-order chi connectivity index (χ0) is 21.6. The van der Waals surface area contributed by atoms with E-state index in [4.69, 9.17) is 4.42 Å². The summed E-state index contributed by atoms with van der Waals surface area (Å²) in [6.45, 7) is 1.62. The topological polar surface area (TPSA) is 62.5 Å². The van der Waals surface area contributed by atoms with Gasteiger partial charge in [-0.3, -0.25) is 14.7 Å². The number of oxazole rings is 1. The van der Waals surface area contributed by atoms with Crippen LogP contribution in [0.4, 0.5) is 4.39 Å². The van der Waals surface area contributed by atoms with Crippen LogP contribution in [0.15, 0.2) is 59.3 Å². The number of carbonyl (C=O) groups excluding carboxylic acids is 1. The van der Waals surface area contributed by atoms with Crippen LogP contribution in [0.25, 0.3) is 0 Å². The normalized spacial score (nSPS) is 16.6. The second-order valence-corrected chi connectivity index (χ2v) is 8.06. The summed E-state index contributed by atoms with van der Waals surface area (Å²) in [6.07, 6.45) is 6.75. The Morgan fingerprint density at radius 3 is 2.94 bits per heavy atom. The molecule has 162 valence electrons. The SMILES string of the molecule is CN(CC(=O)N1CCCC[C@@H]1c1ncc(Cc2cccc(F)c2)o1)Cc1ccccn1. The molecule has 1 fully saturated rings. The van der Waals surface area contributed by atoms with Crippen LogP contribution in [0.3, 0.4) is 0 Å². The molecule has 3 aromatic rings. The summed E-state index contributed by atoms with van der Waals surface area (Å²) in [4.78, 5) is 25.7. The van der Waals surface area contributed by atoms with E-state index >= 15 is 0 Å². The summed E-state index contributed by atoms with van der Waals surface area (Å²) in [5.74, 6) is 1.03. The number of likely N-dealkylation sites (N-methyl/N-ethyl adjacent to an activating group) is 1. The third-order valence-corrected chi connectivity index (χ3v) is 5.51. The van der Waals surface area contributed by atoms with Gasteiger partial charge in [-0.1, -0.05) is 18.2 Å². The lowest BCUT2D eigenvalue weighted by atomic mass is 10.0. The van der Waals surface area contributed by atoms with Gasteiger partial charge in [-0.25, -0.2) is 9.37 Å². The van der Waals surface area contributed by atoms with Crippen molar-refractivity contribution in [2.24, 2.45) is 0 Å². The lowest BCUT2D eigenvalue weighted by Crippen LogP contribution is -2.43. The minimum Gasteiger partial charge on any atom is -0.443 e. The number of likely N-dealkylation sites (tertiary alicyclic amines) is 1. The van der Waals surface area contributed by atoms with Gasteiger partial charge in [-0.2, -0.15) is 0 Å². The van der Waals surface area contributed by atoms with E-state index < -0.39 is 0 Å². The van der Waals surface area contributed by atoms with Gasteiger partial charge in [0.1, 0.15) is 17.6 Å². The number of piperidine rings is 1. The maximum absolute atomic E-state index is 13.4. The Kier molecular flexibility index (Phi) is 6.72. The minimum atomic E-state index is -0.267. The average Bonchev–Trinajstić information content (AvgIpc) is 3.22. The number of hydrogen-bond acceptors (Lipinski definition) is 5. The molecule has 4 rings (SSSR count). The van der Waals surface area contributed by atoms with Crippen molar-refractivity contribution in [3.63, 3.8) is 0 Å². The van der Waals surface area contributed by atoms with E-state index in [2.05, 4.69) is 9.97 Å². The first-order chi connectivity index (χ1) is 15.1. The first kappa shape index (κ1) is 21.2. The van der Waals surface area contributed by atoms with E-state index in [0.29, 0.717) is 37.7 Å². The Bertz CT molecular complexity index is 1010. The summed E-state index contributed by atoms with van der Waals surface area (Å²) in [5.41, 5.74) is 1.76. The average molecular weight is 423 g/mol. The van der Waals surface area contributed by atoms with Crippen LogP contribution in [0, 0.1) is 5.82 Å². The van der Waals surface area contributed by atoms with Gasteiger partial charge in [0.25, 0.3) is 0 Å². The fraction of sp³-hybridized carbons (Fsp3) is 0.375. The van der Waals surface area contributed by atoms with Gasteiger partial charge in [-0.15, -0.1) is 0 Å². The number of hydrogen-bond donors (Lipinski definition) is 0. The quantitative estimate of drug-likeness (QED) is 0.576. The van der Waals surface area contributed by atoms with E-state index in [-0.39, 0.29) is 17.8 Å². The molecule has 0 bridgehead atoms. The fourth-order valence-electron chi connectivity index (χ4n) is 4.04. The van der Waals surface area contributed by atoms with E-state index in [9.17, 15) is 9.18 Å². The second-order valence-electron chi connectivity index (χ2n) is 8.06. The molecule has 31 heavy (non-hydrogen) atoms. The molecule has 0 spiro atoms. The number of carbonyl (C=O) groups is 1. The van der Waals surface area contributed by atoms with Gasteiger partial charge in [0.2, 0.25) is 11.8 Å². The van der Waals surface area contributed by atoms with Gasteiger partial charge in [0.15, 0.2) is 0 Å². The molecule has 0 aliphatic carbocycles. The Labute approximate surface area is 181 Å². The van der Waals surface area contributed by atoms with Crippen LogP contribution in [0.5, 0.6) is 0 Å². The van der Waals surface area contributed by atoms with E-state index in [1.54, 1.807) is 18.5 Å². The van der Waals surface area contributed by atoms with E-state index in [1.807, 2.05) is 41.1 Å². The van der Waals surface area contributed by atoms with E-state index in [0.717, 1.165) is 30.5 Å². The predicted molar refractivity (Wildman–Crippen MR) is 115 cm³/mol. The van der Waals surface area contributed by atoms with Crippen molar-refractivity contribution in [2.75, 3.05) is 20.1 Å². The number of amides is 1. The fourth-order valence-corrected chi connectivity index (χ4v) is 4.04. The molecule has 0 unspecified atom stereocenters. The Morgan fingerprint density at radius 1 is 1.23 bits per heavy atom. The Morgan fingerprint density at radius 2 is 2.13 bits per heavy atom. The third kappa shape index (κ3) is 5.55. The van der Waals surface area contributed by atoms with Crippen molar-refractivity contribution in [3.8, 4) is 0 Å². The molecular weight excluding hydrogens is 395 g/mol. The highest BCUT2D eigenvalue weighted by molar-refractivity contribution is 5.78. The van der Waals surface area contributed by atoms with Crippen LogP contribution in [-0.2, 0) is 17.8 Å². The molecule has 6 nitrogen and oxygen atoms in total. The van der Waals surface area contributed by atoms with E-state index in [1.165, 1.54) is 12.1 Å². The lowest BCUT2D eigenvalue weighted by molar-refractivity contribution is -0.136. The van der Waals surface area contributed by atoms with Gasteiger partial charge in [0.05, 0.1) is 18.4 Å². The van der Waals surface area contributed by atoms with Crippen LogP contribution < -0.4 is 0 Å². The number of halogens is 1. The summed E-state index contributed by atoms with van der Waals surface area (Å²) in [7, 11) is 1.92. The number of nitrogens with zero attached hydrogens (tertiary/aromatic N) is 4. The number of aromatic nitrogens is 2. The molecule has 3 heterocycles. The van der Waals surface area contributed by atoms with Crippen molar-refractivity contribution in [3.05, 3.63) is 83.6 Å². The second kappa shape index (κ2) is 9.83. The van der Waals surface area contributed by atoms with Crippen molar-refractivity contribution in [1.29, 1.82) is 0 Å². The molecule has 1 aliphatic heterocycles. The monoisotopic (exact) mass is 422 g/mol. The molecule has 0 radical (unpaired) electrons. The maximum atomic E-state index is 13.4. The number of benzene rings is 1. The van der Waals surface area contributed by atoms with Gasteiger partial charge in [-0.05, 0) is 56.1 Å². The Hall–Kier alpha value is -3.06. The molecule has 1 amide bonds. The number of rotatable bonds is 7. The summed E-state index contributed by atoms with van der Waals surface area (Å²) < 4.78 is 19.4. The van der Waals surface area contributed by atoms with Crippen LogP contribution in [-0.4, -0.2) is 45.8 Å². The molecule has 0 N–H and O–H groups in total. The predicted octanol–water partition coefficient (Wildman–Crippen LogP) is 3.99. The molecular formula is C24H27FN4O2. The summed E-state index contributed by atoms with van der Waals surface area (Å²) in [5, 5.41) is 0. The molecule has 7 heteroatoms. The van der Waals surface area contributed by atoms with Gasteiger partial charge in [0, 0.05) is 25.7 Å². The molecule has 2 aromatic heterocycles. The zero-order valence-corrected chi connectivity index (χ0v) is 17.7. The summed E-state index contributed by atoms with van der Waals surface area (Å²) in [6, 6.07) is 12.1. The van der Waals surface area contributed by atoms with Gasteiger partial charge < -0.3 is 9.32 Å². The van der Waals surface area contributed by atoms with Crippen LogP contribution >= 0.6 is 0 Å². The highest BCUT2D eigenvalue weighted by Gasteiger charge is 2.31. The lowest BCUT2D eigenvalue weighted by Gasteiger charge is -2.34. The van der Waals surface area contributed by atoms with Crippen LogP contribution in [0.1, 0.15) is 48.2 Å². The van der Waals surface area contributed by atoms with Crippen molar-refractivity contribution < 1.29 is 13.6 Å². The highest BCUT2D eigenvalue weighted by atomic mass is 19.1. The Balaban J connectivity index is 1.41. The molecule has 0 saturated carbocycles. The standard InChI is InChI=1S/C24H27FN4O2/c1-28(16-20-9-2-4-11-26-20)17-23(30)29-12-5-3-10-22(29)24-27-15-21(31-24)14-18-7-6-8-19(25)13-18/h2,4,6-9,11,13,15,22H,3,5,10,12,14,16-17H2,1H3/t22-/m1/s1. The third-order valence-electron chi connectivity index (χ3n) is 5.51. The molecule has 1 aromatic carbocycles. The van der Waals surface area contributed by atoms with Gasteiger partial charge >= 0.3 is 0 Å². The van der Waals surface area contributed by atoms with Crippen molar-refractivity contribution >= 4 is 5.91 Å². The van der Waals surface area contributed by atoms with Crippen LogP contribution in [0.2, 0.25) is 0 Å². The molecule has 1 atom stereocenters. The zero-order valence-electron chi connectivity index (χ0n) is 17.7. The van der Waals surface area contributed by atoms with Crippen molar-refractivity contribution in [2.45, 2.75) is 38.3 Å². The smallest absolute Gasteiger partial charge is 0.237 e. The largest absolute Gasteiger partial charge is 0.443 e. The number of pyridine rings is 1. The summed E-state index contributed by atoms with van der Waals surface area (Å²) >= 11 is 0. The first-order valence-electron chi connectivity index (χ1n) is 10.7. The maximum Gasteiger partial charge on any atom is 0.237 e. The molecule has 1 aliphatic rings.